The van der Waals surface area contributed by atoms with E-state index in [0.717, 1.165) is 31.8 Å². The van der Waals surface area contributed by atoms with Gasteiger partial charge in [-0.2, -0.15) is 0 Å². The predicted octanol–water partition coefficient (Wildman–Crippen LogP) is 3.27. The van der Waals surface area contributed by atoms with E-state index in [1.807, 2.05) is 0 Å². The van der Waals surface area contributed by atoms with E-state index < -0.39 is 0 Å². The Morgan fingerprint density at radius 3 is 2.15 bits per heavy atom. The van der Waals surface area contributed by atoms with Crippen molar-refractivity contribution in [3.8, 4) is 0 Å². The first-order chi connectivity index (χ1) is 9.40. The van der Waals surface area contributed by atoms with Gasteiger partial charge in [-0.15, -0.1) is 0 Å². The molecular weight excluding hydrogens is 248 g/mol. The van der Waals surface area contributed by atoms with Gasteiger partial charge in [-0.1, -0.05) is 47.5 Å². The summed E-state index contributed by atoms with van der Waals surface area (Å²) in [4.78, 5) is 2.56. The van der Waals surface area contributed by atoms with Crippen LogP contribution in [0.4, 0.5) is 0 Å². The van der Waals surface area contributed by atoms with Crippen LogP contribution in [0.5, 0.6) is 0 Å². The highest BCUT2D eigenvalue weighted by Crippen LogP contribution is 2.15. The number of nitrogens with zero attached hydrogens (tertiary/aromatic N) is 1. The summed E-state index contributed by atoms with van der Waals surface area (Å²) in [6, 6.07) is 0.416. The van der Waals surface area contributed by atoms with Crippen LogP contribution in [0.3, 0.4) is 0 Å². The summed E-state index contributed by atoms with van der Waals surface area (Å²) >= 11 is 0. The van der Waals surface area contributed by atoms with Crippen LogP contribution in [0.1, 0.15) is 67.2 Å². The molecule has 122 valence electrons. The standard InChI is InChI=1S/C17H38N2O/c1-7-16(8-2)13-19(9-3)12-10-11-17(6,14-20)18-15(4)5/h15-16,18,20H,7-14H2,1-6H3. The second kappa shape index (κ2) is 10.6. The number of hydrogen-bond acceptors (Lipinski definition) is 3. The Balaban J connectivity index is 4.16. The molecule has 0 heterocycles. The highest BCUT2D eigenvalue weighted by molar-refractivity contribution is 4.84. The van der Waals surface area contributed by atoms with Gasteiger partial charge in [-0.25, -0.2) is 0 Å². The zero-order chi connectivity index (χ0) is 15.6. The molecule has 0 fully saturated rings. The Morgan fingerprint density at radius 2 is 1.75 bits per heavy atom. The fourth-order valence-corrected chi connectivity index (χ4v) is 2.88. The first-order valence-corrected chi connectivity index (χ1v) is 8.51. The van der Waals surface area contributed by atoms with Crippen molar-refractivity contribution >= 4 is 0 Å². The van der Waals surface area contributed by atoms with Crippen LogP contribution < -0.4 is 5.32 Å². The van der Waals surface area contributed by atoms with Crippen molar-refractivity contribution < 1.29 is 5.11 Å². The first-order valence-electron chi connectivity index (χ1n) is 8.51. The van der Waals surface area contributed by atoms with Crippen LogP contribution in [0, 0.1) is 5.92 Å². The highest BCUT2D eigenvalue weighted by atomic mass is 16.3. The summed E-state index contributed by atoms with van der Waals surface area (Å²) in [7, 11) is 0. The molecule has 0 aliphatic heterocycles. The monoisotopic (exact) mass is 286 g/mol. The van der Waals surface area contributed by atoms with Crippen LogP contribution in [-0.4, -0.2) is 47.8 Å². The fraction of sp³-hybridized carbons (Fsp3) is 1.00. The van der Waals surface area contributed by atoms with Gasteiger partial charge in [0.05, 0.1) is 6.61 Å². The molecule has 0 amide bonds. The quantitative estimate of drug-likeness (QED) is 0.578. The molecule has 1 atom stereocenters. The molecular formula is C17H38N2O. The second-order valence-electron chi connectivity index (χ2n) is 6.70. The maximum atomic E-state index is 9.60. The Hall–Kier alpha value is -0.120. The molecule has 0 aliphatic rings. The van der Waals surface area contributed by atoms with Crippen molar-refractivity contribution in [1.82, 2.24) is 10.2 Å². The zero-order valence-electron chi connectivity index (χ0n) is 14.7. The Kier molecular flexibility index (Phi) is 10.5. The van der Waals surface area contributed by atoms with Crippen LogP contribution in [0.2, 0.25) is 0 Å². The van der Waals surface area contributed by atoms with Gasteiger partial charge in [0.2, 0.25) is 0 Å². The summed E-state index contributed by atoms with van der Waals surface area (Å²) in [6.07, 6.45) is 4.72. The lowest BCUT2D eigenvalue weighted by molar-refractivity contribution is 0.146. The van der Waals surface area contributed by atoms with Gasteiger partial charge in [0, 0.05) is 18.1 Å². The third kappa shape index (κ3) is 8.23. The van der Waals surface area contributed by atoms with Crippen molar-refractivity contribution in [2.75, 3.05) is 26.2 Å². The van der Waals surface area contributed by atoms with E-state index in [1.165, 1.54) is 19.4 Å². The lowest BCUT2D eigenvalue weighted by Gasteiger charge is -2.32. The van der Waals surface area contributed by atoms with Gasteiger partial charge in [-0.3, -0.25) is 0 Å². The maximum Gasteiger partial charge on any atom is 0.0610 e. The molecule has 0 saturated carbocycles. The number of rotatable bonds is 12. The van der Waals surface area contributed by atoms with E-state index in [9.17, 15) is 5.11 Å². The van der Waals surface area contributed by atoms with Gasteiger partial charge >= 0.3 is 0 Å². The van der Waals surface area contributed by atoms with Gasteiger partial charge < -0.3 is 15.3 Å². The largest absolute Gasteiger partial charge is 0.394 e. The number of aliphatic hydroxyl groups excluding tert-OH is 1. The van der Waals surface area contributed by atoms with E-state index in [2.05, 4.69) is 51.8 Å². The Bertz CT molecular complexity index is 229. The molecule has 0 aliphatic carbocycles. The minimum absolute atomic E-state index is 0.136. The summed E-state index contributed by atoms with van der Waals surface area (Å²) < 4.78 is 0. The van der Waals surface area contributed by atoms with Crippen molar-refractivity contribution in [2.24, 2.45) is 5.92 Å². The molecule has 1 unspecified atom stereocenters. The zero-order valence-corrected chi connectivity index (χ0v) is 14.7. The third-order valence-corrected chi connectivity index (χ3v) is 4.31. The predicted molar refractivity (Wildman–Crippen MR) is 89.2 cm³/mol. The van der Waals surface area contributed by atoms with E-state index in [0.29, 0.717) is 6.04 Å². The van der Waals surface area contributed by atoms with E-state index >= 15 is 0 Å². The fourth-order valence-electron chi connectivity index (χ4n) is 2.88. The third-order valence-electron chi connectivity index (χ3n) is 4.31. The minimum atomic E-state index is -0.136. The van der Waals surface area contributed by atoms with Gasteiger partial charge in [0.15, 0.2) is 0 Å². The van der Waals surface area contributed by atoms with Crippen LogP contribution in [-0.2, 0) is 0 Å². The normalized spacial score (nSPS) is 15.3. The lowest BCUT2D eigenvalue weighted by Crippen LogP contribution is -2.49. The first kappa shape index (κ1) is 19.9. The van der Waals surface area contributed by atoms with E-state index in [-0.39, 0.29) is 12.1 Å². The molecule has 20 heavy (non-hydrogen) atoms. The van der Waals surface area contributed by atoms with Crippen LogP contribution in [0.25, 0.3) is 0 Å². The van der Waals surface area contributed by atoms with E-state index in [4.69, 9.17) is 0 Å². The maximum absolute atomic E-state index is 9.60. The smallest absolute Gasteiger partial charge is 0.0610 e. The molecule has 3 nitrogen and oxygen atoms in total. The molecule has 0 radical (unpaired) electrons. The molecule has 2 N–H and O–H groups in total. The summed E-state index contributed by atoms with van der Waals surface area (Å²) in [5, 5.41) is 13.1. The molecule has 0 bridgehead atoms. The topological polar surface area (TPSA) is 35.5 Å². The van der Waals surface area contributed by atoms with Gasteiger partial charge in [-0.05, 0) is 38.8 Å². The van der Waals surface area contributed by atoms with Crippen molar-refractivity contribution in [3.63, 3.8) is 0 Å². The molecule has 0 rings (SSSR count). The lowest BCUT2D eigenvalue weighted by atomic mass is 9.95. The summed E-state index contributed by atoms with van der Waals surface area (Å²) in [6.45, 7) is 16.9. The molecule has 0 aromatic carbocycles. The van der Waals surface area contributed by atoms with Crippen molar-refractivity contribution in [3.05, 3.63) is 0 Å². The molecule has 0 spiro atoms. The Morgan fingerprint density at radius 1 is 1.15 bits per heavy atom. The van der Waals surface area contributed by atoms with Crippen molar-refractivity contribution in [1.29, 1.82) is 0 Å². The van der Waals surface area contributed by atoms with E-state index in [1.54, 1.807) is 0 Å². The molecule has 0 aromatic heterocycles. The second-order valence-corrected chi connectivity index (χ2v) is 6.70. The number of hydrogen-bond donors (Lipinski definition) is 2. The van der Waals surface area contributed by atoms with Crippen molar-refractivity contribution in [2.45, 2.75) is 78.8 Å². The highest BCUT2D eigenvalue weighted by Gasteiger charge is 2.23. The van der Waals surface area contributed by atoms with Crippen LogP contribution >= 0.6 is 0 Å². The molecule has 0 saturated heterocycles. The average molecular weight is 287 g/mol. The van der Waals surface area contributed by atoms with Gasteiger partial charge in [0.1, 0.15) is 0 Å². The number of nitrogens with one attached hydrogen (secondary N) is 1. The molecule has 3 heteroatoms. The minimum Gasteiger partial charge on any atom is -0.394 e. The molecule has 0 aromatic rings. The number of aliphatic hydroxyl groups is 1. The SMILES string of the molecule is CCC(CC)CN(CC)CCCC(C)(CO)NC(C)C. The Labute approximate surface area is 127 Å². The summed E-state index contributed by atoms with van der Waals surface area (Å²) in [5.74, 6) is 0.827. The average Bonchev–Trinajstić information content (AvgIpc) is 2.41. The van der Waals surface area contributed by atoms with Gasteiger partial charge in [0.25, 0.3) is 0 Å². The summed E-state index contributed by atoms with van der Waals surface area (Å²) in [5.41, 5.74) is -0.136. The van der Waals surface area contributed by atoms with Crippen LogP contribution in [0.15, 0.2) is 0 Å².